The molecule has 0 bridgehead atoms. The van der Waals surface area contributed by atoms with Crippen molar-refractivity contribution in [3.05, 3.63) is 82.6 Å². The predicted octanol–water partition coefficient (Wildman–Crippen LogP) is 7.55. The Morgan fingerprint density at radius 1 is 0.727 bits per heavy atom. The summed E-state index contributed by atoms with van der Waals surface area (Å²) in [5.74, 6) is -0.356. The first kappa shape index (κ1) is 24.2. The summed E-state index contributed by atoms with van der Waals surface area (Å²) in [6.45, 7) is -0.323. The maximum Gasteiger partial charge on any atom is 0.416 e. The predicted molar refractivity (Wildman–Crippen MR) is 98.0 cm³/mol. The van der Waals surface area contributed by atoms with Crippen molar-refractivity contribution in [1.82, 2.24) is 0 Å². The van der Waals surface area contributed by atoms with Gasteiger partial charge < -0.3 is 9.25 Å². The van der Waals surface area contributed by atoms with Crippen LogP contribution in [0.2, 0.25) is 0 Å². The summed E-state index contributed by atoms with van der Waals surface area (Å²) < 4.78 is 121. The van der Waals surface area contributed by atoms with Crippen molar-refractivity contribution < 1.29 is 48.8 Å². The second-order valence-corrected chi connectivity index (χ2v) is 6.70. The number of rotatable bonds is 5. The molecule has 0 atom stereocenters. The van der Waals surface area contributed by atoms with Crippen LogP contribution in [-0.4, -0.2) is 6.21 Å². The van der Waals surface area contributed by atoms with Gasteiger partial charge in [0.1, 0.15) is 24.3 Å². The van der Waals surface area contributed by atoms with Crippen LogP contribution in [-0.2, 0) is 30.0 Å². The fourth-order valence-corrected chi connectivity index (χ4v) is 2.71. The van der Waals surface area contributed by atoms with E-state index in [4.69, 9.17) is 9.25 Å². The van der Waals surface area contributed by atoms with E-state index in [1.54, 1.807) is 0 Å². The Balaban J connectivity index is 1.74. The Morgan fingerprint density at radius 2 is 1.33 bits per heavy atom. The molecule has 3 rings (SSSR count). The molecular weight excluding hydrogens is 469 g/mol. The van der Waals surface area contributed by atoms with Crippen molar-refractivity contribution in [1.29, 1.82) is 0 Å². The fraction of sp³-hybridized carbons (Fsp3) is 0.190. The van der Waals surface area contributed by atoms with E-state index in [-0.39, 0.29) is 29.8 Å². The van der Waals surface area contributed by atoms with Gasteiger partial charge in [-0.15, -0.1) is 0 Å². The highest BCUT2D eigenvalue weighted by Gasteiger charge is 2.37. The highest BCUT2D eigenvalue weighted by Crippen LogP contribution is 2.39. The SMILES string of the molecule is FC(F)(F)c1cccc(CON=Cc2ccc(-c3cc(C(F)(F)F)cc(C(F)(F)F)c3)o2)c1. The molecule has 3 nitrogen and oxygen atoms in total. The molecule has 0 aliphatic heterocycles. The quantitative estimate of drug-likeness (QED) is 0.214. The first-order valence-electron chi connectivity index (χ1n) is 8.94. The van der Waals surface area contributed by atoms with Crippen molar-refractivity contribution in [2.75, 3.05) is 0 Å². The Bertz CT molecular complexity index is 1110. The third-order valence-corrected chi connectivity index (χ3v) is 4.24. The molecule has 0 aliphatic rings. The smallest absolute Gasteiger partial charge is 0.416 e. The number of benzene rings is 2. The van der Waals surface area contributed by atoms with Crippen molar-refractivity contribution >= 4 is 6.21 Å². The summed E-state index contributed by atoms with van der Waals surface area (Å²) in [5, 5.41) is 3.49. The first-order valence-corrected chi connectivity index (χ1v) is 8.94. The molecular formula is C21H12F9NO2. The molecule has 3 aromatic rings. The molecule has 0 aliphatic carbocycles. The van der Waals surface area contributed by atoms with Gasteiger partial charge in [0.05, 0.1) is 16.7 Å². The summed E-state index contributed by atoms with van der Waals surface area (Å²) >= 11 is 0. The maximum absolute atomic E-state index is 13.0. The minimum Gasteiger partial charge on any atom is -0.455 e. The van der Waals surface area contributed by atoms with Gasteiger partial charge in [0.15, 0.2) is 0 Å². The van der Waals surface area contributed by atoms with E-state index in [1.165, 1.54) is 18.2 Å². The third kappa shape index (κ3) is 6.30. The van der Waals surface area contributed by atoms with E-state index in [0.29, 0.717) is 12.1 Å². The van der Waals surface area contributed by atoms with Crippen LogP contribution in [0, 0.1) is 0 Å². The average Bonchev–Trinajstić information content (AvgIpc) is 3.18. The number of furan rings is 1. The van der Waals surface area contributed by atoms with Crippen LogP contribution in [0.15, 0.2) is 64.2 Å². The zero-order chi connectivity index (χ0) is 24.4. The van der Waals surface area contributed by atoms with E-state index in [0.717, 1.165) is 24.4 Å². The van der Waals surface area contributed by atoms with Gasteiger partial charge in [0.2, 0.25) is 0 Å². The third-order valence-electron chi connectivity index (χ3n) is 4.24. The van der Waals surface area contributed by atoms with Crippen molar-refractivity contribution in [3.63, 3.8) is 0 Å². The Labute approximate surface area is 180 Å². The Kier molecular flexibility index (Phi) is 6.48. The second-order valence-electron chi connectivity index (χ2n) is 6.70. The summed E-state index contributed by atoms with van der Waals surface area (Å²) in [6.07, 6.45) is -13.6. The maximum atomic E-state index is 13.0. The Hall–Kier alpha value is -3.44. The molecule has 1 heterocycles. The van der Waals surface area contributed by atoms with Crippen LogP contribution < -0.4 is 0 Å². The number of hydrogen-bond acceptors (Lipinski definition) is 3. The summed E-state index contributed by atoms with van der Waals surface area (Å²) in [6, 6.07) is 7.70. The standard InChI is InChI=1S/C21H12F9NO2/c22-19(23,24)14-3-1-2-12(6-14)11-32-31-10-17-4-5-18(33-17)13-7-15(20(25,26)27)9-16(8-13)21(28,29)30/h1-10H,11H2. The van der Waals surface area contributed by atoms with Gasteiger partial charge in [-0.1, -0.05) is 17.3 Å². The molecule has 0 amide bonds. The molecule has 0 radical (unpaired) electrons. The van der Waals surface area contributed by atoms with Gasteiger partial charge in [-0.2, -0.15) is 39.5 Å². The van der Waals surface area contributed by atoms with E-state index >= 15 is 0 Å². The lowest BCUT2D eigenvalue weighted by atomic mass is 10.0. The van der Waals surface area contributed by atoms with Crippen molar-refractivity contribution in [3.8, 4) is 11.3 Å². The van der Waals surface area contributed by atoms with Gasteiger partial charge in [0, 0.05) is 5.56 Å². The molecule has 0 N–H and O–H groups in total. The fourth-order valence-electron chi connectivity index (χ4n) is 2.71. The number of halogens is 9. The van der Waals surface area contributed by atoms with Crippen LogP contribution in [0.5, 0.6) is 0 Å². The van der Waals surface area contributed by atoms with Crippen LogP contribution >= 0.6 is 0 Å². The molecule has 12 heteroatoms. The summed E-state index contributed by atoms with van der Waals surface area (Å²) in [5.41, 5.74) is -4.15. The molecule has 0 saturated heterocycles. The normalized spacial score (nSPS) is 13.0. The minimum absolute atomic E-state index is 0.00354. The lowest BCUT2D eigenvalue weighted by Gasteiger charge is -2.13. The first-order chi connectivity index (χ1) is 15.2. The lowest BCUT2D eigenvalue weighted by Crippen LogP contribution is -2.11. The molecule has 2 aromatic carbocycles. The van der Waals surface area contributed by atoms with Gasteiger partial charge in [-0.3, -0.25) is 0 Å². The van der Waals surface area contributed by atoms with Crippen LogP contribution in [0.4, 0.5) is 39.5 Å². The average molecular weight is 481 g/mol. The molecule has 0 unspecified atom stereocenters. The molecule has 1 aromatic heterocycles. The van der Waals surface area contributed by atoms with E-state index in [1.807, 2.05) is 0 Å². The number of nitrogens with zero attached hydrogens (tertiary/aromatic N) is 1. The Morgan fingerprint density at radius 3 is 1.91 bits per heavy atom. The minimum atomic E-state index is -5.01. The number of hydrogen-bond donors (Lipinski definition) is 0. The summed E-state index contributed by atoms with van der Waals surface area (Å²) in [4.78, 5) is 4.88. The molecule has 0 saturated carbocycles. The van der Waals surface area contributed by atoms with E-state index in [2.05, 4.69) is 5.16 Å². The zero-order valence-electron chi connectivity index (χ0n) is 16.1. The molecule has 0 fully saturated rings. The van der Waals surface area contributed by atoms with Gasteiger partial charge in [0.25, 0.3) is 0 Å². The molecule has 176 valence electrons. The highest BCUT2D eigenvalue weighted by atomic mass is 19.4. The second kappa shape index (κ2) is 8.83. The van der Waals surface area contributed by atoms with Gasteiger partial charge in [-0.25, -0.2) is 0 Å². The topological polar surface area (TPSA) is 34.7 Å². The van der Waals surface area contributed by atoms with Crippen molar-refractivity contribution in [2.45, 2.75) is 25.1 Å². The van der Waals surface area contributed by atoms with E-state index in [9.17, 15) is 39.5 Å². The van der Waals surface area contributed by atoms with Crippen LogP contribution in [0.1, 0.15) is 28.0 Å². The lowest BCUT2D eigenvalue weighted by molar-refractivity contribution is -0.143. The van der Waals surface area contributed by atoms with Crippen LogP contribution in [0.3, 0.4) is 0 Å². The zero-order valence-corrected chi connectivity index (χ0v) is 16.1. The van der Waals surface area contributed by atoms with E-state index < -0.39 is 40.8 Å². The van der Waals surface area contributed by atoms with Gasteiger partial charge >= 0.3 is 18.5 Å². The van der Waals surface area contributed by atoms with Crippen LogP contribution in [0.25, 0.3) is 11.3 Å². The molecule has 0 spiro atoms. The summed E-state index contributed by atoms with van der Waals surface area (Å²) in [7, 11) is 0. The highest BCUT2D eigenvalue weighted by molar-refractivity contribution is 5.77. The molecule has 33 heavy (non-hydrogen) atoms. The largest absolute Gasteiger partial charge is 0.455 e. The van der Waals surface area contributed by atoms with Gasteiger partial charge in [-0.05, 0) is 48.0 Å². The monoisotopic (exact) mass is 481 g/mol. The van der Waals surface area contributed by atoms with Crippen molar-refractivity contribution in [2.24, 2.45) is 5.16 Å². The number of alkyl halides is 9. The number of oxime groups is 1.